The standard InChI is InChI=1S/C5H14O3Si.Fe.2H2O/c1-4-7-9(3,6)8-5-2;;;/h6H,4-5H2,1-3H3;;2*1H2. The largest absolute Gasteiger partial charge is 0.494 e. The van der Waals surface area contributed by atoms with E-state index in [0.29, 0.717) is 13.2 Å². The van der Waals surface area contributed by atoms with Crippen LogP contribution in [0.2, 0.25) is 6.55 Å². The van der Waals surface area contributed by atoms with Crippen molar-refractivity contribution in [3.63, 3.8) is 0 Å². The van der Waals surface area contributed by atoms with Crippen molar-refractivity contribution >= 4 is 8.80 Å². The molecule has 0 aromatic carbocycles. The van der Waals surface area contributed by atoms with Crippen LogP contribution < -0.4 is 0 Å². The van der Waals surface area contributed by atoms with Crippen molar-refractivity contribution in [2.75, 3.05) is 13.2 Å². The summed E-state index contributed by atoms with van der Waals surface area (Å²) in [6, 6.07) is 0. The van der Waals surface area contributed by atoms with Crippen LogP contribution in [0.1, 0.15) is 13.8 Å². The summed E-state index contributed by atoms with van der Waals surface area (Å²) >= 11 is 0. The first-order chi connectivity index (χ1) is 4.12. The number of rotatable bonds is 4. The molecule has 0 saturated carbocycles. The van der Waals surface area contributed by atoms with E-state index in [1.165, 1.54) is 0 Å². The summed E-state index contributed by atoms with van der Waals surface area (Å²) in [5.41, 5.74) is 0. The van der Waals surface area contributed by atoms with E-state index in [0.717, 1.165) is 0 Å². The van der Waals surface area contributed by atoms with Crippen LogP contribution in [0.5, 0.6) is 0 Å². The van der Waals surface area contributed by atoms with Gasteiger partial charge in [0.2, 0.25) is 0 Å². The molecule has 0 aliphatic rings. The van der Waals surface area contributed by atoms with Crippen molar-refractivity contribution in [3.05, 3.63) is 0 Å². The molecule has 7 heteroatoms. The molecule has 0 aromatic rings. The second-order valence-electron chi connectivity index (χ2n) is 1.76. The van der Waals surface area contributed by atoms with E-state index in [-0.39, 0.29) is 28.0 Å². The summed E-state index contributed by atoms with van der Waals surface area (Å²) in [7, 11) is -2.70. The van der Waals surface area contributed by atoms with Gasteiger partial charge in [0.25, 0.3) is 0 Å². The van der Waals surface area contributed by atoms with Gasteiger partial charge in [0, 0.05) is 36.8 Å². The molecule has 0 atom stereocenters. The Balaban J connectivity index is -0.000000107. The second kappa shape index (κ2) is 11.5. The Labute approximate surface area is 84.5 Å². The molecule has 0 fully saturated rings. The van der Waals surface area contributed by atoms with Gasteiger partial charge in [-0.1, -0.05) is 0 Å². The summed E-state index contributed by atoms with van der Waals surface area (Å²) in [6.45, 7) is 6.30. The molecule has 0 aromatic heterocycles. The maximum absolute atomic E-state index is 9.21. The Hall–Kier alpha value is 0.536. The van der Waals surface area contributed by atoms with Crippen LogP contribution >= 0.6 is 0 Å². The minimum atomic E-state index is -2.70. The molecule has 0 aliphatic carbocycles. The van der Waals surface area contributed by atoms with Gasteiger partial charge >= 0.3 is 8.80 Å². The topological polar surface area (TPSA) is 102 Å². The Morgan fingerprint density at radius 3 is 1.50 bits per heavy atom. The second-order valence-corrected chi connectivity index (χ2v) is 4.14. The Morgan fingerprint density at radius 2 is 1.33 bits per heavy atom. The average molecular weight is 242 g/mol. The van der Waals surface area contributed by atoms with Crippen molar-refractivity contribution < 1.29 is 41.7 Å². The molecular weight excluding hydrogens is 224 g/mol. The third-order valence-electron chi connectivity index (χ3n) is 0.824. The minimum Gasteiger partial charge on any atom is -0.412 e. The van der Waals surface area contributed by atoms with Crippen molar-refractivity contribution in [3.8, 4) is 0 Å². The van der Waals surface area contributed by atoms with Gasteiger partial charge in [-0.3, -0.25) is 0 Å². The zero-order chi connectivity index (χ0) is 7.33. The normalized spacial score (nSPS) is 9.00. The summed E-state index contributed by atoms with van der Waals surface area (Å²) in [5.74, 6) is 0. The fourth-order valence-corrected chi connectivity index (χ4v) is 1.73. The van der Waals surface area contributed by atoms with Gasteiger partial charge in [-0.25, -0.2) is 0 Å². The van der Waals surface area contributed by atoms with Crippen molar-refractivity contribution in [1.29, 1.82) is 0 Å². The van der Waals surface area contributed by atoms with E-state index < -0.39 is 8.80 Å². The van der Waals surface area contributed by atoms with Crippen molar-refractivity contribution in [1.82, 2.24) is 0 Å². The zero-order valence-corrected chi connectivity index (χ0v) is 9.64. The smallest absolute Gasteiger partial charge is 0.412 e. The molecule has 5 nitrogen and oxygen atoms in total. The van der Waals surface area contributed by atoms with Crippen LogP contribution in [-0.4, -0.2) is 37.8 Å². The third kappa shape index (κ3) is 13.1. The number of hydrogen-bond acceptors (Lipinski definition) is 3. The molecule has 5 N–H and O–H groups in total. The fourth-order valence-electron chi connectivity index (χ4n) is 0.577. The van der Waals surface area contributed by atoms with Crippen molar-refractivity contribution in [2.24, 2.45) is 0 Å². The molecule has 12 heavy (non-hydrogen) atoms. The summed E-state index contributed by atoms with van der Waals surface area (Å²) in [5, 5.41) is 0. The molecule has 0 unspecified atom stereocenters. The van der Waals surface area contributed by atoms with Gasteiger partial charge in [-0.2, -0.15) is 0 Å². The Kier molecular flexibility index (Phi) is 22.0. The van der Waals surface area contributed by atoms with Gasteiger partial charge in [-0.05, 0) is 13.8 Å². The van der Waals surface area contributed by atoms with Gasteiger partial charge < -0.3 is 24.6 Å². The summed E-state index contributed by atoms with van der Waals surface area (Å²) in [6.07, 6.45) is 0. The van der Waals surface area contributed by atoms with Crippen LogP contribution in [0.4, 0.5) is 0 Å². The minimum absolute atomic E-state index is 0. The van der Waals surface area contributed by atoms with Crippen LogP contribution in [-0.2, 0) is 25.9 Å². The van der Waals surface area contributed by atoms with Crippen molar-refractivity contribution in [2.45, 2.75) is 20.4 Å². The van der Waals surface area contributed by atoms with E-state index >= 15 is 0 Å². The molecule has 0 aliphatic heterocycles. The quantitative estimate of drug-likeness (QED) is 0.637. The molecule has 0 saturated heterocycles. The van der Waals surface area contributed by atoms with E-state index in [2.05, 4.69) is 0 Å². The molecular formula is C5H18FeO5Si. The molecule has 0 bridgehead atoms. The average Bonchev–Trinajstić information content (AvgIpc) is 1.64. The molecule has 0 amide bonds. The van der Waals surface area contributed by atoms with Crippen LogP contribution in [0.15, 0.2) is 0 Å². The Bertz CT molecular complexity index is 74.2. The molecule has 0 spiro atoms. The van der Waals surface area contributed by atoms with E-state index in [4.69, 9.17) is 8.85 Å². The molecule has 0 rings (SSSR count). The predicted molar refractivity (Wildman–Crippen MR) is 44.3 cm³/mol. The van der Waals surface area contributed by atoms with Gasteiger partial charge in [0.15, 0.2) is 0 Å². The first-order valence-corrected chi connectivity index (χ1v) is 5.39. The first kappa shape index (κ1) is 22.9. The van der Waals surface area contributed by atoms with Crippen LogP contribution in [0, 0.1) is 0 Å². The van der Waals surface area contributed by atoms with Gasteiger partial charge in [-0.15, -0.1) is 0 Å². The monoisotopic (exact) mass is 242 g/mol. The molecule has 0 heterocycles. The van der Waals surface area contributed by atoms with Gasteiger partial charge in [0.1, 0.15) is 0 Å². The summed E-state index contributed by atoms with van der Waals surface area (Å²) in [4.78, 5) is 9.21. The van der Waals surface area contributed by atoms with Gasteiger partial charge in [0.05, 0.1) is 0 Å². The van der Waals surface area contributed by atoms with E-state index in [9.17, 15) is 4.80 Å². The first-order valence-electron chi connectivity index (χ1n) is 3.12. The zero-order valence-electron chi connectivity index (χ0n) is 7.53. The predicted octanol–water partition coefficient (Wildman–Crippen LogP) is -1.03. The third-order valence-corrected chi connectivity index (χ3v) is 2.47. The fraction of sp³-hybridized carbons (Fsp3) is 1.00. The molecule has 0 radical (unpaired) electrons. The van der Waals surface area contributed by atoms with Crippen LogP contribution in [0.25, 0.3) is 0 Å². The number of hydrogen-bond donors (Lipinski definition) is 1. The van der Waals surface area contributed by atoms with E-state index in [1.54, 1.807) is 6.55 Å². The maximum atomic E-state index is 9.21. The van der Waals surface area contributed by atoms with Crippen LogP contribution in [0.3, 0.4) is 0 Å². The molecule has 80 valence electrons. The maximum Gasteiger partial charge on any atom is 0.494 e. The van der Waals surface area contributed by atoms with E-state index in [1.807, 2.05) is 13.8 Å². The summed E-state index contributed by atoms with van der Waals surface area (Å²) < 4.78 is 9.88. The Morgan fingerprint density at radius 1 is 1.08 bits per heavy atom. The SMILES string of the molecule is CCO[Si](C)(O)OCC.O.O.[Fe].